The number of nitrogens with zero attached hydrogens (tertiary/aromatic N) is 1. The second-order valence-corrected chi connectivity index (χ2v) is 10.5. The van der Waals surface area contributed by atoms with Crippen molar-refractivity contribution in [1.29, 1.82) is 0 Å². The van der Waals surface area contributed by atoms with Crippen LogP contribution in [0, 0.1) is 11.8 Å². The number of amides is 3. The summed E-state index contributed by atoms with van der Waals surface area (Å²) < 4.78 is 25.5. The van der Waals surface area contributed by atoms with Crippen molar-refractivity contribution in [1.82, 2.24) is 4.90 Å². The zero-order chi connectivity index (χ0) is 20.6. The van der Waals surface area contributed by atoms with E-state index in [0.29, 0.717) is 31.4 Å². The van der Waals surface area contributed by atoms with Gasteiger partial charge in [-0.25, -0.2) is 8.42 Å². The van der Waals surface area contributed by atoms with Gasteiger partial charge in [0.15, 0.2) is 9.84 Å². The first kappa shape index (κ1) is 20.1. The Kier molecular flexibility index (Phi) is 5.46. The lowest BCUT2D eigenvalue weighted by Crippen LogP contribution is -2.38. The molecule has 4 rings (SSSR count). The van der Waals surface area contributed by atoms with Crippen LogP contribution in [0.5, 0.6) is 0 Å². The number of fused-ring (bicyclic) bond motifs is 1. The van der Waals surface area contributed by atoms with Gasteiger partial charge >= 0.3 is 0 Å². The van der Waals surface area contributed by atoms with Crippen LogP contribution in [0.1, 0.15) is 51.4 Å². The van der Waals surface area contributed by atoms with Gasteiger partial charge in [0.05, 0.1) is 22.0 Å². The molecule has 0 bridgehead atoms. The van der Waals surface area contributed by atoms with E-state index in [4.69, 9.17) is 0 Å². The summed E-state index contributed by atoms with van der Waals surface area (Å²) in [6, 6.07) is 6.21. The fourth-order valence-electron chi connectivity index (χ4n) is 4.87. The fraction of sp³-hybridized carbons (Fsp3) is 0.571. The van der Waals surface area contributed by atoms with Crippen molar-refractivity contribution in [2.75, 3.05) is 11.9 Å². The highest BCUT2D eigenvalue weighted by atomic mass is 32.2. The van der Waals surface area contributed by atoms with Gasteiger partial charge < -0.3 is 5.32 Å². The van der Waals surface area contributed by atoms with E-state index in [1.165, 1.54) is 6.07 Å². The van der Waals surface area contributed by atoms with Crippen LogP contribution in [-0.2, 0) is 24.2 Å². The monoisotopic (exact) mass is 418 g/mol. The van der Waals surface area contributed by atoms with Crippen molar-refractivity contribution in [2.24, 2.45) is 11.8 Å². The van der Waals surface area contributed by atoms with E-state index in [1.54, 1.807) is 18.2 Å². The van der Waals surface area contributed by atoms with Gasteiger partial charge in [0.25, 0.3) is 0 Å². The molecule has 3 amide bonds. The number of hydrogen-bond donors (Lipinski definition) is 1. The summed E-state index contributed by atoms with van der Waals surface area (Å²) in [5, 5.41) is 2.28. The zero-order valence-corrected chi connectivity index (χ0v) is 17.1. The predicted molar refractivity (Wildman–Crippen MR) is 107 cm³/mol. The molecule has 1 aliphatic heterocycles. The van der Waals surface area contributed by atoms with Gasteiger partial charge in [-0.1, -0.05) is 31.7 Å². The molecule has 29 heavy (non-hydrogen) atoms. The van der Waals surface area contributed by atoms with Crippen LogP contribution < -0.4 is 5.32 Å². The van der Waals surface area contributed by atoms with E-state index in [-0.39, 0.29) is 40.3 Å². The number of hydrogen-bond acceptors (Lipinski definition) is 5. The molecule has 0 radical (unpaired) electrons. The van der Waals surface area contributed by atoms with Crippen LogP contribution in [0.3, 0.4) is 0 Å². The molecule has 1 heterocycles. The summed E-state index contributed by atoms with van der Waals surface area (Å²) in [6.45, 7) is -0.329. The Balaban J connectivity index is 1.44. The van der Waals surface area contributed by atoms with E-state index in [1.807, 2.05) is 0 Å². The van der Waals surface area contributed by atoms with Crippen LogP contribution in [0.15, 0.2) is 29.2 Å². The molecule has 1 N–H and O–H groups in total. The lowest BCUT2D eigenvalue weighted by Gasteiger charge is -2.19. The molecule has 1 aromatic rings. The molecule has 3 fully saturated rings. The Morgan fingerprint density at radius 1 is 0.966 bits per heavy atom. The number of benzene rings is 1. The summed E-state index contributed by atoms with van der Waals surface area (Å²) in [4.78, 5) is 38.8. The Bertz CT molecular complexity index is 912. The molecule has 3 aliphatic rings. The van der Waals surface area contributed by atoms with Crippen molar-refractivity contribution in [2.45, 2.75) is 61.5 Å². The van der Waals surface area contributed by atoms with Gasteiger partial charge in [-0.2, -0.15) is 0 Å². The van der Waals surface area contributed by atoms with Crippen LogP contribution in [-0.4, -0.2) is 42.8 Å². The molecule has 8 heteroatoms. The number of carbonyl (C=O) groups is 3. The van der Waals surface area contributed by atoms with Gasteiger partial charge in [0, 0.05) is 5.69 Å². The minimum absolute atomic E-state index is 0.196. The Morgan fingerprint density at radius 3 is 2.17 bits per heavy atom. The molecule has 0 spiro atoms. The number of sulfone groups is 1. The summed E-state index contributed by atoms with van der Waals surface area (Å²) in [7, 11) is -3.42. The second-order valence-electron chi connectivity index (χ2n) is 8.29. The first-order chi connectivity index (χ1) is 13.9. The highest BCUT2D eigenvalue weighted by molar-refractivity contribution is 7.92. The topological polar surface area (TPSA) is 101 Å². The Morgan fingerprint density at radius 2 is 1.55 bits per heavy atom. The molecule has 1 saturated heterocycles. The lowest BCUT2D eigenvalue weighted by atomic mass is 9.81. The third kappa shape index (κ3) is 3.82. The first-order valence-corrected chi connectivity index (χ1v) is 11.9. The molecule has 2 aliphatic carbocycles. The zero-order valence-electron chi connectivity index (χ0n) is 16.3. The SMILES string of the molecule is O=C(CN1C(=O)C2CCCCC2C1=O)Nc1cccc(S(=O)(=O)C2CCCC2)c1. The molecular formula is C21H26N2O5S. The largest absolute Gasteiger partial charge is 0.324 e. The third-order valence-electron chi connectivity index (χ3n) is 6.42. The average Bonchev–Trinajstić information content (AvgIpc) is 3.33. The van der Waals surface area contributed by atoms with Crippen LogP contribution >= 0.6 is 0 Å². The van der Waals surface area contributed by atoms with Crippen molar-refractivity contribution in [3.8, 4) is 0 Å². The number of rotatable bonds is 5. The van der Waals surface area contributed by atoms with Gasteiger partial charge in [0.1, 0.15) is 6.54 Å². The molecular weight excluding hydrogens is 392 g/mol. The first-order valence-electron chi connectivity index (χ1n) is 10.4. The smallest absolute Gasteiger partial charge is 0.244 e. The molecule has 156 valence electrons. The summed E-state index contributed by atoms with van der Waals surface area (Å²) in [6.07, 6.45) is 6.44. The van der Waals surface area contributed by atoms with Crippen LogP contribution in [0.2, 0.25) is 0 Å². The molecule has 2 unspecified atom stereocenters. The number of anilines is 1. The molecule has 0 aromatic heterocycles. The van der Waals surface area contributed by atoms with Crippen molar-refractivity contribution in [3.63, 3.8) is 0 Å². The maximum Gasteiger partial charge on any atom is 0.244 e. The maximum atomic E-state index is 12.8. The number of imide groups is 1. The van der Waals surface area contributed by atoms with E-state index in [2.05, 4.69) is 5.32 Å². The van der Waals surface area contributed by atoms with E-state index in [0.717, 1.165) is 30.6 Å². The van der Waals surface area contributed by atoms with E-state index < -0.39 is 15.7 Å². The highest BCUT2D eigenvalue weighted by Gasteiger charge is 2.48. The Labute approximate surface area is 170 Å². The van der Waals surface area contributed by atoms with E-state index in [9.17, 15) is 22.8 Å². The van der Waals surface area contributed by atoms with Gasteiger partial charge in [-0.3, -0.25) is 19.3 Å². The van der Waals surface area contributed by atoms with Crippen LogP contribution in [0.25, 0.3) is 0 Å². The molecule has 2 atom stereocenters. The van der Waals surface area contributed by atoms with Crippen LogP contribution in [0.4, 0.5) is 5.69 Å². The molecule has 1 aromatic carbocycles. The van der Waals surface area contributed by atoms with Crippen molar-refractivity contribution < 1.29 is 22.8 Å². The van der Waals surface area contributed by atoms with Crippen molar-refractivity contribution >= 4 is 33.2 Å². The molecule has 2 saturated carbocycles. The minimum atomic E-state index is -3.42. The summed E-state index contributed by atoms with van der Waals surface area (Å²) in [5.74, 6) is -1.59. The number of likely N-dealkylation sites (tertiary alicyclic amines) is 1. The lowest BCUT2D eigenvalue weighted by molar-refractivity contribution is -0.142. The highest BCUT2D eigenvalue weighted by Crippen LogP contribution is 2.38. The quantitative estimate of drug-likeness (QED) is 0.741. The minimum Gasteiger partial charge on any atom is -0.324 e. The standard InChI is InChI=1S/C21H26N2O5S/c24-19(13-23-20(25)17-10-3-4-11-18(17)21(23)26)22-14-6-5-9-16(12-14)29(27,28)15-7-1-2-8-15/h5-6,9,12,15,17-18H,1-4,7-8,10-11,13H2,(H,22,24). The average molecular weight is 419 g/mol. The van der Waals surface area contributed by atoms with Gasteiger partial charge in [-0.05, 0) is 43.9 Å². The predicted octanol–water partition coefficient (Wildman–Crippen LogP) is 2.52. The van der Waals surface area contributed by atoms with Gasteiger partial charge in [-0.15, -0.1) is 0 Å². The summed E-state index contributed by atoms with van der Waals surface area (Å²) in [5.41, 5.74) is 0.352. The fourth-order valence-corrected chi connectivity index (χ4v) is 6.77. The maximum absolute atomic E-state index is 12.8. The number of nitrogens with one attached hydrogen (secondary N) is 1. The normalized spacial score (nSPS) is 25.3. The Hall–Kier alpha value is -2.22. The second kappa shape index (κ2) is 7.89. The van der Waals surface area contributed by atoms with E-state index >= 15 is 0 Å². The molecule has 7 nitrogen and oxygen atoms in total. The number of carbonyl (C=O) groups excluding carboxylic acids is 3. The van der Waals surface area contributed by atoms with Gasteiger partial charge in [0.2, 0.25) is 17.7 Å². The van der Waals surface area contributed by atoms with Crippen molar-refractivity contribution in [3.05, 3.63) is 24.3 Å². The summed E-state index contributed by atoms with van der Waals surface area (Å²) >= 11 is 0. The third-order valence-corrected chi connectivity index (χ3v) is 8.68.